The van der Waals surface area contributed by atoms with Crippen molar-refractivity contribution in [1.29, 1.82) is 0 Å². The second kappa shape index (κ2) is 6.10. The van der Waals surface area contributed by atoms with Crippen molar-refractivity contribution >= 4 is 17.5 Å². The first-order chi connectivity index (χ1) is 8.95. The number of nitrogens with zero attached hydrogens (tertiary/aromatic N) is 2. The van der Waals surface area contributed by atoms with Crippen LogP contribution in [0.5, 0.6) is 5.75 Å². The molecule has 0 spiro atoms. The zero-order chi connectivity index (χ0) is 14.4. The van der Waals surface area contributed by atoms with E-state index in [1.807, 2.05) is 0 Å². The van der Waals surface area contributed by atoms with Crippen LogP contribution in [0.4, 0.5) is 16.2 Å². The van der Waals surface area contributed by atoms with Crippen molar-refractivity contribution in [1.82, 2.24) is 0 Å². The Morgan fingerprint density at radius 2 is 2.00 bits per heavy atom. The number of carbonyl (C=O) groups excluding carboxylic acids is 1. The van der Waals surface area contributed by atoms with E-state index < -0.39 is 33.1 Å². The highest BCUT2D eigenvalue weighted by Crippen LogP contribution is 2.31. The van der Waals surface area contributed by atoms with E-state index in [1.165, 1.54) is 6.08 Å². The average Bonchev–Trinajstić information content (AvgIpc) is 2.36. The van der Waals surface area contributed by atoms with Crippen molar-refractivity contribution in [3.8, 4) is 5.75 Å². The summed E-state index contributed by atoms with van der Waals surface area (Å²) in [5.41, 5.74) is -1.19. The van der Waals surface area contributed by atoms with Gasteiger partial charge in [-0.05, 0) is 6.07 Å². The van der Waals surface area contributed by atoms with E-state index >= 15 is 0 Å². The molecule has 9 nitrogen and oxygen atoms in total. The summed E-state index contributed by atoms with van der Waals surface area (Å²) >= 11 is 0. The molecule has 9 heteroatoms. The SMILES string of the molecule is C=CCOC(=O)Oc1ccc([N+](=O)[O-])cc1[N+](=O)[O-]. The van der Waals surface area contributed by atoms with Gasteiger partial charge in [0.05, 0.1) is 15.9 Å². The van der Waals surface area contributed by atoms with E-state index in [-0.39, 0.29) is 6.61 Å². The number of carbonyl (C=O) groups is 1. The Hall–Kier alpha value is -2.97. The maximum absolute atomic E-state index is 11.1. The monoisotopic (exact) mass is 268 g/mol. The van der Waals surface area contributed by atoms with Crippen LogP contribution in [-0.2, 0) is 4.74 Å². The van der Waals surface area contributed by atoms with E-state index in [9.17, 15) is 25.0 Å². The highest BCUT2D eigenvalue weighted by Gasteiger charge is 2.22. The summed E-state index contributed by atoms with van der Waals surface area (Å²) in [5, 5.41) is 21.2. The first kappa shape index (κ1) is 14.1. The lowest BCUT2D eigenvalue weighted by molar-refractivity contribution is -0.394. The van der Waals surface area contributed by atoms with Gasteiger partial charge in [0.25, 0.3) is 5.69 Å². The Morgan fingerprint density at radius 3 is 2.53 bits per heavy atom. The molecule has 0 atom stereocenters. The third-order valence-corrected chi connectivity index (χ3v) is 1.86. The lowest BCUT2D eigenvalue weighted by atomic mass is 10.2. The molecule has 1 aromatic rings. The lowest BCUT2D eigenvalue weighted by Crippen LogP contribution is -2.11. The third-order valence-electron chi connectivity index (χ3n) is 1.86. The van der Waals surface area contributed by atoms with Gasteiger partial charge in [-0.15, -0.1) is 0 Å². The Bertz CT molecular complexity index is 541. The van der Waals surface area contributed by atoms with Gasteiger partial charge in [0.1, 0.15) is 6.61 Å². The Kier molecular flexibility index (Phi) is 4.52. The molecule has 0 aliphatic carbocycles. The summed E-state index contributed by atoms with van der Waals surface area (Å²) in [6.07, 6.45) is 0.114. The van der Waals surface area contributed by atoms with Crippen LogP contribution in [0.3, 0.4) is 0 Å². The van der Waals surface area contributed by atoms with Crippen LogP contribution in [0, 0.1) is 20.2 Å². The third kappa shape index (κ3) is 3.77. The van der Waals surface area contributed by atoms with E-state index in [4.69, 9.17) is 0 Å². The normalized spacial score (nSPS) is 9.47. The predicted molar refractivity (Wildman–Crippen MR) is 61.9 cm³/mol. The summed E-state index contributed by atoms with van der Waals surface area (Å²) < 4.78 is 9.04. The molecule has 0 fully saturated rings. The lowest BCUT2D eigenvalue weighted by Gasteiger charge is -2.04. The van der Waals surface area contributed by atoms with E-state index in [1.54, 1.807) is 0 Å². The summed E-state index contributed by atoms with van der Waals surface area (Å²) in [7, 11) is 0. The first-order valence-electron chi connectivity index (χ1n) is 4.84. The van der Waals surface area contributed by atoms with Gasteiger partial charge in [0.2, 0.25) is 5.75 Å². The molecule has 1 rings (SSSR count). The smallest absolute Gasteiger partial charge is 0.430 e. The number of nitro groups is 2. The van der Waals surface area contributed by atoms with Crippen molar-refractivity contribution in [2.75, 3.05) is 6.61 Å². The standard InChI is InChI=1S/C10H8N2O7/c1-2-5-18-10(13)19-9-4-3-7(11(14)15)6-8(9)12(16)17/h2-4,6H,1,5H2. The summed E-state index contributed by atoms with van der Waals surface area (Å²) in [4.78, 5) is 30.6. The summed E-state index contributed by atoms with van der Waals surface area (Å²) in [6, 6.07) is 2.62. The fourth-order valence-electron chi connectivity index (χ4n) is 1.09. The molecule has 1 aromatic carbocycles. The van der Waals surface area contributed by atoms with E-state index in [0.29, 0.717) is 6.07 Å². The quantitative estimate of drug-likeness (QED) is 0.263. The van der Waals surface area contributed by atoms with Crippen molar-refractivity contribution in [2.24, 2.45) is 0 Å². The number of nitro benzene ring substituents is 2. The van der Waals surface area contributed by atoms with Gasteiger partial charge in [-0.2, -0.15) is 0 Å². The van der Waals surface area contributed by atoms with Crippen LogP contribution in [0.25, 0.3) is 0 Å². The van der Waals surface area contributed by atoms with Crippen LogP contribution in [0.1, 0.15) is 0 Å². The molecule has 0 amide bonds. The fraction of sp³-hybridized carbons (Fsp3) is 0.100. The highest BCUT2D eigenvalue weighted by molar-refractivity contribution is 5.67. The minimum atomic E-state index is -1.17. The van der Waals surface area contributed by atoms with Gasteiger partial charge >= 0.3 is 11.8 Å². The molecular weight excluding hydrogens is 260 g/mol. The summed E-state index contributed by atoms with van der Waals surface area (Å²) in [5.74, 6) is -0.440. The van der Waals surface area contributed by atoms with Crippen LogP contribution < -0.4 is 4.74 Å². The van der Waals surface area contributed by atoms with Crippen molar-refractivity contribution in [3.63, 3.8) is 0 Å². The molecular formula is C10H8N2O7. The molecule has 0 radical (unpaired) electrons. The molecule has 0 bridgehead atoms. The zero-order valence-corrected chi connectivity index (χ0v) is 9.48. The fourth-order valence-corrected chi connectivity index (χ4v) is 1.09. The molecule has 19 heavy (non-hydrogen) atoms. The van der Waals surface area contributed by atoms with Gasteiger partial charge in [-0.1, -0.05) is 12.7 Å². The van der Waals surface area contributed by atoms with E-state index in [2.05, 4.69) is 16.1 Å². The highest BCUT2D eigenvalue weighted by atomic mass is 16.7. The molecule has 0 aliphatic heterocycles. The number of benzene rings is 1. The van der Waals surface area contributed by atoms with Gasteiger partial charge < -0.3 is 9.47 Å². The van der Waals surface area contributed by atoms with Crippen LogP contribution in [0.2, 0.25) is 0 Å². The Balaban J connectivity index is 3.00. The van der Waals surface area contributed by atoms with Crippen molar-refractivity contribution in [3.05, 3.63) is 51.1 Å². The van der Waals surface area contributed by atoms with Crippen molar-refractivity contribution < 1.29 is 24.1 Å². The molecule has 0 saturated carbocycles. The van der Waals surface area contributed by atoms with Crippen LogP contribution >= 0.6 is 0 Å². The number of hydrogen-bond acceptors (Lipinski definition) is 7. The average molecular weight is 268 g/mol. The molecule has 0 unspecified atom stereocenters. The number of hydrogen-bond donors (Lipinski definition) is 0. The second-order valence-electron chi connectivity index (χ2n) is 3.12. The molecule has 0 aromatic heterocycles. The summed E-state index contributed by atoms with van der Waals surface area (Å²) in [6.45, 7) is 3.18. The minimum absolute atomic E-state index is 0.125. The maximum Gasteiger partial charge on any atom is 0.514 e. The largest absolute Gasteiger partial charge is 0.514 e. The zero-order valence-electron chi connectivity index (χ0n) is 9.48. The maximum atomic E-state index is 11.1. The second-order valence-corrected chi connectivity index (χ2v) is 3.12. The topological polar surface area (TPSA) is 122 Å². The number of non-ortho nitro benzene ring substituents is 1. The van der Waals surface area contributed by atoms with Gasteiger partial charge in [-0.25, -0.2) is 4.79 Å². The molecule has 0 saturated heterocycles. The van der Waals surface area contributed by atoms with Gasteiger partial charge in [-0.3, -0.25) is 20.2 Å². The predicted octanol–water partition coefficient (Wildman–Crippen LogP) is 2.20. The van der Waals surface area contributed by atoms with Crippen LogP contribution in [0.15, 0.2) is 30.9 Å². The Labute approximate surface area is 106 Å². The number of rotatable bonds is 5. The molecule has 0 N–H and O–H groups in total. The number of ether oxygens (including phenoxy) is 2. The van der Waals surface area contributed by atoms with Gasteiger partial charge in [0, 0.05) is 6.07 Å². The molecule has 0 heterocycles. The first-order valence-corrected chi connectivity index (χ1v) is 4.84. The minimum Gasteiger partial charge on any atom is -0.430 e. The Morgan fingerprint density at radius 1 is 1.32 bits per heavy atom. The molecule has 100 valence electrons. The van der Waals surface area contributed by atoms with E-state index in [0.717, 1.165) is 12.1 Å². The van der Waals surface area contributed by atoms with Gasteiger partial charge in [0.15, 0.2) is 0 Å². The van der Waals surface area contributed by atoms with Crippen molar-refractivity contribution in [2.45, 2.75) is 0 Å². The van der Waals surface area contributed by atoms with Crippen LogP contribution in [-0.4, -0.2) is 22.6 Å². The molecule has 0 aliphatic rings.